The topological polar surface area (TPSA) is 99.1 Å². The van der Waals surface area contributed by atoms with Gasteiger partial charge in [0.15, 0.2) is 11.7 Å². The SMILES string of the molecule is CC(=O)OC1/C(C)=C\C[C@@H]2C(C(C)C)=CC(=O)O[C@@]2(C)CC/C(C)=C2/OC(=O)C[C@@]21O. The van der Waals surface area contributed by atoms with E-state index < -0.39 is 29.2 Å². The molecule has 0 aromatic heterocycles. The van der Waals surface area contributed by atoms with E-state index in [1.165, 1.54) is 6.92 Å². The van der Waals surface area contributed by atoms with E-state index in [1.54, 1.807) is 19.9 Å². The molecule has 3 aliphatic rings. The lowest BCUT2D eigenvalue weighted by Crippen LogP contribution is -2.45. The number of carbonyl (C=O) groups is 3. The molecule has 4 atom stereocenters. The van der Waals surface area contributed by atoms with E-state index >= 15 is 0 Å². The van der Waals surface area contributed by atoms with Crippen LogP contribution in [0.5, 0.6) is 0 Å². The maximum absolute atomic E-state index is 12.4. The van der Waals surface area contributed by atoms with Gasteiger partial charge in [-0.05, 0) is 57.1 Å². The Bertz CT molecular complexity index is 894. The van der Waals surface area contributed by atoms with Crippen LogP contribution in [-0.2, 0) is 28.6 Å². The van der Waals surface area contributed by atoms with Crippen molar-refractivity contribution >= 4 is 17.9 Å². The molecule has 1 unspecified atom stereocenters. The average Bonchev–Trinajstić information content (AvgIpc) is 2.96. The molecule has 0 amide bonds. The van der Waals surface area contributed by atoms with Crippen molar-refractivity contribution in [2.24, 2.45) is 11.8 Å². The van der Waals surface area contributed by atoms with Crippen molar-refractivity contribution < 1.29 is 33.7 Å². The predicted molar refractivity (Wildman–Crippen MR) is 112 cm³/mol. The zero-order valence-electron chi connectivity index (χ0n) is 19.1. The lowest BCUT2D eigenvalue weighted by molar-refractivity contribution is -0.160. The molecule has 1 N–H and O–H groups in total. The Morgan fingerprint density at radius 2 is 1.97 bits per heavy atom. The number of ether oxygens (including phenoxy) is 3. The van der Waals surface area contributed by atoms with Gasteiger partial charge in [0.2, 0.25) is 0 Å². The molecular formula is C24H32O7. The largest absolute Gasteiger partial charge is 0.456 e. The fourth-order valence-electron chi connectivity index (χ4n) is 5.00. The molecule has 0 aromatic carbocycles. The second-order valence-corrected chi connectivity index (χ2v) is 9.44. The number of hydrogen-bond donors (Lipinski definition) is 1. The quantitative estimate of drug-likeness (QED) is 0.405. The summed E-state index contributed by atoms with van der Waals surface area (Å²) in [5.41, 5.74) is -0.229. The lowest BCUT2D eigenvalue weighted by Gasteiger charge is -2.42. The highest BCUT2D eigenvalue weighted by Crippen LogP contribution is 2.46. The van der Waals surface area contributed by atoms with Gasteiger partial charge in [0.1, 0.15) is 11.4 Å². The number of allylic oxidation sites excluding steroid dienone is 2. The molecule has 0 radical (unpaired) electrons. The summed E-state index contributed by atoms with van der Waals surface area (Å²) in [4.78, 5) is 36.4. The maximum Gasteiger partial charge on any atom is 0.331 e. The number of carbonyl (C=O) groups excluding carboxylic acids is 3. The summed E-state index contributed by atoms with van der Waals surface area (Å²) in [5, 5.41) is 11.5. The molecule has 2 aliphatic heterocycles. The van der Waals surface area contributed by atoms with Crippen molar-refractivity contribution in [3.05, 3.63) is 34.6 Å². The van der Waals surface area contributed by atoms with Gasteiger partial charge < -0.3 is 19.3 Å². The highest BCUT2D eigenvalue weighted by molar-refractivity contribution is 5.84. The number of rotatable bonds is 2. The molecule has 1 fully saturated rings. The molecule has 2 heterocycles. The van der Waals surface area contributed by atoms with Gasteiger partial charge in [-0.3, -0.25) is 9.59 Å². The first-order chi connectivity index (χ1) is 14.4. The van der Waals surface area contributed by atoms with E-state index in [-0.39, 0.29) is 30.0 Å². The molecule has 31 heavy (non-hydrogen) atoms. The molecule has 3 rings (SSSR count). The van der Waals surface area contributed by atoms with E-state index in [9.17, 15) is 19.5 Å². The standard InChI is InChI=1S/C24H32O7/c1-13(2)17-11-19(26)31-23(6)10-9-15(4)22-24(28,12-20(27)30-22)21(29-16(5)25)14(3)7-8-18(17)23/h7,11,13,18,21,28H,8-10,12H2,1-6H3/b14-7-,22-15+/t18-,21?,23+,24+/m1/s1. The first kappa shape index (κ1) is 23.3. The van der Waals surface area contributed by atoms with Crippen molar-refractivity contribution in [3.8, 4) is 0 Å². The Balaban J connectivity index is 2.16. The number of hydrogen-bond acceptors (Lipinski definition) is 7. The summed E-state index contributed by atoms with van der Waals surface area (Å²) in [5.74, 6) is -1.27. The van der Waals surface area contributed by atoms with Gasteiger partial charge in [-0.1, -0.05) is 25.5 Å². The first-order valence-corrected chi connectivity index (χ1v) is 10.8. The van der Waals surface area contributed by atoms with E-state index in [4.69, 9.17) is 14.2 Å². The lowest BCUT2D eigenvalue weighted by atomic mass is 9.72. The second kappa shape index (κ2) is 8.26. The van der Waals surface area contributed by atoms with Gasteiger partial charge in [-0.2, -0.15) is 0 Å². The van der Waals surface area contributed by atoms with E-state index in [0.29, 0.717) is 30.4 Å². The molecule has 0 aromatic rings. The molecule has 7 nitrogen and oxygen atoms in total. The summed E-state index contributed by atoms with van der Waals surface area (Å²) >= 11 is 0. The molecule has 1 aliphatic carbocycles. The molecule has 1 saturated heterocycles. The fraction of sp³-hybridized carbons (Fsp3) is 0.625. The highest BCUT2D eigenvalue weighted by atomic mass is 16.6. The fourth-order valence-corrected chi connectivity index (χ4v) is 5.00. The second-order valence-electron chi connectivity index (χ2n) is 9.44. The van der Waals surface area contributed by atoms with Crippen molar-refractivity contribution in [2.45, 2.75) is 84.5 Å². The summed E-state index contributed by atoms with van der Waals surface area (Å²) in [6.45, 7) is 10.8. The Labute approximate surface area is 183 Å². The normalized spacial score (nSPS) is 38.1. The highest BCUT2D eigenvalue weighted by Gasteiger charge is 2.54. The van der Waals surface area contributed by atoms with Crippen LogP contribution in [0.3, 0.4) is 0 Å². The van der Waals surface area contributed by atoms with Crippen molar-refractivity contribution in [2.75, 3.05) is 0 Å². The molecule has 0 saturated carbocycles. The van der Waals surface area contributed by atoms with Gasteiger partial charge in [0.25, 0.3) is 0 Å². The van der Waals surface area contributed by atoms with E-state index in [1.807, 2.05) is 26.8 Å². The van der Waals surface area contributed by atoms with Crippen LogP contribution in [0.4, 0.5) is 0 Å². The monoisotopic (exact) mass is 432 g/mol. The molecular weight excluding hydrogens is 400 g/mol. The van der Waals surface area contributed by atoms with Crippen LogP contribution < -0.4 is 0 Å². The minimum absolute atomic E-state index is 0.0638. The minimum atomic E-state index is -1.77. The van der Waals surface area contributed by atoms with Crippen molar-refractivity contribution in [3.63, 3.8) is 0 Å². The van der Waals surface area contributed by atoms with Gasteiger partial charge in [-0.15, -0.1) is 0 Å². The Morgan fingerprint density at radius 3 is 2.58 bits per heavy atom. The van der Waals surface area contributed by atoms with Gasteiger partial charge >= 0.3 is 17.9 Å². The van der Waals surface area contributed by atoms with E-state index in [0.717, 1.165) is 5.57 Å². The third-order valence-electron chi connectivity index (χ3n) is 6.64. The Hall–Kier alpha value is -2.41. The minimum Gasteiger partial charge on any atom is -0.456 e. The summed E-state index contributed by atoms with van der Waals surface area (Å²) < 4.78 is 16.8. The zero-order valence-corrected chi connectivity index (χ0v) is 19.1. The summed E-state index contributed by atoms with van der Waals surface area (Å²) in [7, 11) is 0. The molecule has 0 spiro atoms. The molecule has 7 heteroatoms. The summed E-state index contributed by atoms with van der Waals surface area (Å²) in [6, 6.07) is 0. The summed E-state index contributed by atoms with van der Waals surface area (Å²) in [6.07, 6.45) is 3.63. The smallest absolute Gasteiger partial charge is 0.331 e. The van der Waals surface area contributed by atoms with Gasteiger partial charge in [0, 0.05) is 18.9 Å². The third kappa shape index (κ3) is 4.33. The number of esters is 3. The predicted octanol–water partition coefficient (Wildman–Crippen LogP) is 3.51. The number of aliphatic hydroxyl groups is 1. The Morgan fingerprint density at radius 1 is 1.29 bits per heavy atom. The van der Waals surface area contributed by atoms with Crippen LogP contribution in [0.15, 0.2) is 34.6 Å². The van der Waals surface area contributed by atoms with Crippen LogP contribution in [-0.4, -0.2) is 40.3 Å². The van der Waals surface area contributed by atoms with Gasteiger partial charge in [-0.25, -0.2) is 4.79 Å². The van der Waals surface area contributed by atoms with Crippen LogP contribution in [0.2, 0.25) is 0 Å². The van der Waals surface area contributed by atoms with Crippen molar-refractivity contribution in [1.82, 2.24) is 0 Å². The van der Waals surface area contributed by atoms with Crippen LogP contribution in [0, 0.1) is 11.8 Å². The van der Waals surface area contributed by atoms with Crippen molar-refractivity contribution in [1.29, 1.82) is 0 Å². The van der Waals surface area contributed by atoms with Crippen LogP contribution in [0.1, 0.15) is 67.2 Å². The maximum atomic E-state index is 12.4. The van der Waals surface area contributed by atoms with Crippen LogP contribution in [0.25, 0.3) is 0 Å². The van der Waals surface area contributed by atoms with Crippen LogP contribution >= 0.6 is 0 Å². The van der Waals surface area contributed by atoms with E-state index in [2.05, 4.69) is 0 Å². The number of fused-ring (bicyclic) bond motifs is 2. The first-order valence-electron chi connectivity index (χ1n) is 10.8. The van der Waals surface area contributed by atoms with Gasteiger partial charge in [0.05, 0.1) is 6.42 Å². The Kier molecular flexibility index (Phi) is 6.20. The zero-order chi connectivity index (χ0) is 23.1. The molecule has 0 bridgehead atoms. The molecule has 170 valence electrons. The third-order valence-corrected chi connectivity index (χ3v) is 6.64. The average molecular weight is 433 g/mol.